The minimum atomic E-state index is -1.01. The van der Waals surface area contributed by atoms with Gasteiger partial charge in [0.2, 0.25) is 12.7 Å². The highest BCUT2D eigenvalue weighted by Crippen LogP contribution is 2.32. The fraction of sp³-hybridized carbons (Fsp3) is 0.150. The van der Waals surface area contributed by atoms with Crippen LogP contribution in [-0.4, -0.2) is 30.7 Å². The lowest BCUT2D eigenvalue weighted by Crippen LogP contribution is -2.29. The Kier molecular flexibility index (Phi) is 5.59. The molecule has 0 aliphatic carbocycles. The van der Waals surface area contributed by atoms with Crippen LogP contribution in [0.3, 0.4) is 0 Å². The number of nitrogens with one attached hydrogen (secondary N) is 1. The predicted molar refractivity (Wildman–Crippen MR) is 101 cm³/mol. The Hall–Kier alpha value is -3.81. The average Bonchev–Trinajstić information content (AvgIpc) is 3.14. The number of rotatable bonds is 6. The highest BCUT2D eigenvalue weighted by Gasteiger charge is 2.17. The van der Waals surface area contributed by atoms with Crippen molar-refractivity contribution in [2.75, 3.05) is 12.1 Å². The summed E-state index contributed by atoms with van der Waals surface area (Å²) in [5, 5.41) is 2.59. The lowest BCUT2D eigenvalue weighted by molar-refractivity contribution is -0.148. The molecule has 0 bridgehead atoms. The zero-order valence-corrected chi connectivity index (χ0v) is 15.0. The number of hydrogen-bond donors (Lipinski definition) is 2. The number of carbonyl (C=O) groups excluding carboxylic acids is 3. The molecule has 1 aliphatic rings. The third kappa shape index (κ3) is 4.67. The van der Waals surface area contributed by atoms with Crippen LogP contribution in [0.4, 0.5) is 5.69 Å². The second kappa shape index (κ2) is 8.26. The summed E-state index contributed by atoms with van der Waals surface area (Å²) < 4.78 is 15.6. The summed E-state index contributed by atoms with van der Waals surface area (Å²) in [6.07, 6.45) is 1.77. The number of fused-ring (bicyclic) bond motifs is 1. The molecule has 2 amide bonds. The van der Waals surface area contributed by atoms with Crippen LogP contribution in [-0.2, 0) is 14.3 Å². The molecular weight excluding hydrogens is 364 g/mol. The summed E-state index contributed by atoms with van der Waals surface area (Å²) in [4.78, 5) is 35.1. The van der Waals surface area contributed by atoms with Crippen molar-refractivity contribution in [2.45, 2.75) is 13.0 Å². The van der Waals surface area contributed by atoms with Gasteiger partial charge in [-0.15, -0.1) is 0 Å². The van der Waals surface area contributed by atoms with Crippen LogP contribution < -0.4 is 20.5 Å². The van der Waals surface area contributed by atoms with Crippen molar-refractivity contribution in [1.29, 1.82) is 0 Å². The minimum absolute atomic E-state index is 0.169. The number of carbonyl (C=O) groups is 3. The Bertz CT molecular complexity index is 936. The van der Waals surface area contributed by atoms with Crippen molar-refractivity contribution in [2.24, 2.45) is 5.73 Å². The Morgan fingerprint density at radius 1 is 1.11 bits per heavy atom. The van der Waals surface area contributed by atoms with E-state index in [0.29, 0.717) is 22.7 Å². The highest BCUT2D eigenvalue weighted by molar-refractivity contribution is 5.97. The fourth-order valence-electron chi connectivity index (χ4n) is 2.41. The maximum Gasteiger partial charge on any atom is 0.331 e. The molecule has 0 radical (unpaired) electrons. The first-order valence-electron chi connectivity index (χ1n) is 8.41. The van der Waals surface area contributed by atoms with E-state index in [9.17, 15) is 14.4 Å². The number of benzene rings is 2. The van der Waals surface area contributed by atoms with E-state index in [0.717, 1.165) is 5.56 Å². The van der Waals surface area contributed by atoms with Crippen LogP contribution in [0, 0.1) is 0 Å². The van der Waals surface area contributed by atoms with Gasteiger partial charge in [-0.05, 0) is 55.0 Å². The molecule has 0 unspecified atom stereocenters. The van der Waals surface area contributed by atoms with Gasteiger partial charge in [-0.2, -0.15) is 0 Å². The summed E-state index contributed by atoms with van der Waals surface area (Å²) in [7, 11) is 0. The molecule has 2 aromatic carbocycles. The average molecular weight is 382 g/mol. The van der Waals surface area contributed by atoms with E-state index in [1.165, 1.54) is 37.3 Å². The van der Waals surface area contributed by atoms with Crippen LogP contribution in [0.5, 0.6) is 11.5 Å². The zero-order valence-electron chi connectivity index (χ0n) is 15.0. The molecule has 2 aromatic rings. The summed E-state index contributed by atoms with van der Waals surface area (Å²) in [5.74, 6) is -0.477. The van der Waals surface area contributed by atoms with Crippen LogP contribution in [0.15, 0.2) is 48.5 Å². The fourth-order valence-corrected chi connectivity index (χ4v) is 2.41. The SMILES string of the molecule is C[C@H](OC(=O)/C=C/c1ccc2c(c1)OCO2)C(=O)Nc1ccc(C(N)=O)cc1. The van der Waals surface area contributed by atoms with Crippen molar-refractivity contribution >= 4 is 29.5 Å². The Morgan fingerprint density at radius 3 is 2.54 bits per heavy atom. The molecule has 3 rings (SSSR count). The van der Waals surface area contributed by atoms with Gasteiger partial charge < -0.3 is 25.3 Å². The van der Waals surface area contributed by atoms with Crippen LogP contribution >= 0.6 is 0 Å². The van der Waals surface area contributed by atoms with Crippen LogP contribution in [0.25, 0.3) is 6.08 Å². The maximum atomic E-state index is 12.1. The van der Waals surface area contributed by atoms with Gasteiger partial charge in [0.25, 0.3) is 5.91 Å². The van der Waals surface area contributed by atoms with E-state index >= 15 is 0 Å². The van der Waals surface area contributed by atoms with Crippen molar-refractivity contribution < 1.29 is 28.6 Å². The number of primary amides is 1. The van der Waals surface area contributed by atoms with Gasteiger partial charge >= 0.3 is 5.97 Å². The predicted octanol–water partition coefficient (Wildman–Crippen LogP) is 2.10. The summed E-state index contributed by atoms with van der Waals surface area (Å²) in [6.45, 7) is 1.63. The van der Waals surface area contributed by atoms with Gasteiger partial charge in [-0.1, -0.05) is 6.07 Å². The van der Waals surface area contributed by atoms with Gasteiger partial charge in [0.15, 0.2) is 17.6 Å². The molecule has 8 nitrogen and oxygen atoms in total. The smallest absolute Gasteiger partial charge is 0.331 e. The molecule has 0 fully saturated rings. The molecule has 1 heterocycles. The van der Waals surface area contributed by atoms with E-state index in [1.807, 2.05) is 0 Å². The third-order valence-corrected chi connectivity index (χ3v) is 3.91. The number of nitrogens with two attached hydrogens (primary N) is 1. The zero-order chi connectivity index (χ0) is 20.1. The second-order valence-electron chi connectivity index (χ2n) is 5.96. The number of esters is 1. The number of anilines is 1. The van der Waals surface area contributed by atoms with Crippen molar-refractivity contribution in [3.8, 4) is 11.5 Å². The van der Waals surface area contributed by atoms with Crippen molar-refractivity contribution in [3.05, 3.63) is 59.7 Å². The Morgan fingerprint density at radius 2 is 1.82 bits per heavy atom. The van der Waals surface area contributed by atoms with Crippen molar-refractivity contribution in [1.82, 2.24) is 0 Å². The summed E-state index contributed by atoms with van der Waals surface area (Å²) in [5.41, 5.74) is 6.67. The Labute approximate surface area is 160 Å². The quantitative estimate of drug-likeness (QED) is 0.584. The number of hydrogen-bond acceptors (Lipinski definition) is 6. The molecule has 28 heavy (non-hydrogen) atoms. The standard InChI is InChI=1S/C20H18N2O6/c1-12(20(25)22-15-6-4-14(5-7-15)19(21)24)28-18(23)9-3-13-2-8-16-17(10-13)27-11-26-16/h2-10,12H,11H2,1H3,(H2,21,24)(H,22,25)/b9-3+/t12-/m0/s1. The molecular formula is C20H18N2O6. The topological polar surface area (TPSA) is 117 Å². The Balaban J connectivity index is 1.53. The van der Waals surface area contributed by atoms with E-state index < -0.39 is 23.9 Å². The molecule has 1 atom stereocenters. The maximum absolute atomic E-state index is 12.1. The van der Waals surface area contributed by atoms with Crippen LogP contribution in [0.1, 0.15) is 22.8 Å². The van der Waals surface area contributed by atoms with Crippen molar-refractivity contribution in [3.63, 3.8) is 0 Å². The largest absolute Gasteiger partial charge is 0.454 e. The van der Waals surface area contributed by atoms with E-state index in [1.54, 1.807) is 24.3 Å². The van der Waals surface area contributed by atoms with E-state index in [2.05, 4.69) is 5.32 Å². The molecule has 144 valence electrons. The third-order valence-electron chi connectivity index (χ3n) is 3.91. The van der Waals surface area contributed by atoms with E-state index in [-0.39, 0.29) is 6.79 Å². The highest BCUT2D eigenvalue weighted by atomic mass is 16.7. The molecule has 0 saturated carbocycles. The number of amides is 2. The van der Waals surface area contributed by atoms with E-state index in [4.69, 9.17) is 19.9 Å². The minimum Gasteiger partial charge on any atom is -0.454 e. The van der Waals surface area contributed by atoms with Gasteiger partial charge in [0, 0.05) is 17.3 Å². The molecule has 0 spiro atoms. The first-order chi connectivity index (χ1) is 13.4. The molecule has 8 heteroatoms. The molecule has 0 saturated heterocycles. The first-order valence-corrected chi connectivity index (χ1v) is 8.41. The summed E-state index contributed by atoms with van der Waals surface area (Å²) in [6, 6.07) is 11.3. The monoisotopic (exact) mass is 382 g/mol. The van der Waals surface area contributed by atoms with Crippen LogP contribution in [0.2, 0.25) is 0 Å². The second-order valence-corrected chi connectivity index (χ2v) is 5.96. The molecule has 1 aliphatic heterocycles. The first kappa shape index (κ1) is 19.0. The lowest BCUT2D eigenvalue weighted by atomic mass is 10.2. The van der Waals surface area contributed by atoms with Gasteiger partial charge in [-0.25, -0.2) is 4.79 Å². The normalized spacial score (nSPS) is 13.2. The lowest BCUT2D eigenvalue weighted by Gasteiger charge is -2.12. The van der Waals surface area contributed by atoms with Gasteiger partial charge in [0.05, 0.1) is 0 Å². The molecule has 0 aromatic heterocycles. The van der Waals surface area contributed by atoms with Gasteiger partial charge in [-0.3, -0.25) is 9.59 Å². The van der Waals surface area contributed by atoms with Gasteiger partial charge in [0.1, 0.15) is 0 Å². The summed E-state index contributed by atoms with van der Waals surface area (Å²) >= 11 is 0. The number of ether oxygens (including phenoxy) is 3. The molecule has 3 N–H and O–H groups in total.